The number of pyridine rings is 1. The molecule has 0 saturated carbocycles. The third kappa shape index (κ3) is 3.33. The first kappa shape index (κ1) is 16.3. The summed E-state index contributed by atoms with van der Waals surface area (Å²) in [6, 6.07) is 3.07. The van der Waals surface area contributed by atoms with Crippen LogP contribution < -0.4 is 15.2 Å². The van der Waals surface area contributed by atoms with Crippen molar-refractivity contribution in [3.8, 4) is 5.88 Å². The van der Waals surface area contributed by atoms with Gasteiger partial charge in [-0.15, -0.1) is 0 Å². The zero-order valence-corrected chi connectivity index (χ0v) is 13.8. The van der Waals surface area contributed by atoms with Gasteiger partial charge in [0.05, 0.1) is 12.7 Å². The molecule has 1 saturated heterocycles. The van der Waals surface area contributed by atoms with Gasteiger partial charge in [-0.2, -0.15) is 4.98 Å². The number of rotatable bonds is 3. The van der Waals surface area contributed by atoms with Crippen LogP contribution in [0.4, 0.5) is 5.95 Å². The van der Waals surface area contributed by atoms with Crippen LogP contribution in [-0.2, 0) is 0 Å². The van der Waals surface area contributed by atoms with Gasteiger partial charge < -0.3 is 19.5 Å². The van der Waals surface area contributed by atoms with Crippen LogP contribution in [0, 0.1) is 0 Å². The van der Waals surface area contributed by atoms with Gasteiger partial charge in [-0.05, 0) is 6.07 Å². The SMILES string of the molecule is COc1ccnc(N2CCN(C(=O)c3c[nH]c(=O)c(Cl)c3)CC2)n1. The fraction of sp³-hybridized carbons (Fsp3) is 0.333. The molecule has 0 aliphatic carbocycles. The summed E-state index contributed by atoms with van der Waals surface area (Å²) in [5.74, 6) is 0.911. The van der Waals surface area contributed by atoms with Crippen LogP contribution in [0.15, 0.2) is 29.3 Å². The lowest BCUT2D eigenvalue weighted by Crippen LogP contribution is -2.49. The first-order valence-corrected chi connectivity index (χ1v) is 7.76. The Hall–Kier alpha value is -2.61. The standard InChI is InChI=1S/C15H16ClN5O3/c1-24-12-2-3-17-15(19-12)21-6-4-20(5-7-21)14(23)10-8-11(16)13(22)18-9-10/h2-3,8-9H,4-7H2,1H3,(H,18,22). The molecule has 8 nitrogen and oxygen atoms in total. The van der Waals surface area contributed by atoms with Crippen LogP contribution in [0.5, 0.6) is 5.88 Å². The summed E-state index contributed by atoms with van der Waals surface area (Å²) in [6.07, 6.45) is 3.02. The average Bonchev–Trinajstić information content (AvgIpc) is 2.63. The highest BCUT2D eigenvalue weighted by atomic mass is 35.5. The van der Waals surface area contributed by atoms with E-state index < -0.39 is 5.56 Å². The number of piperazine rings is 1. The number of methoxy groups -OCH3 is 1. The van der Waals surface area contributed by atoms with Crippen molar-refractivity contribution in [2.45, 2.75) is 0 Å². The third-order valence-electron chi connectivity index (χ3n) is 3.78. The molecule has 0 spiro atoms. The summed E-state index contributed by atoms with van der Waals surface area (Å²) in [5, 5.41) is 0.00395. The Morgan fingerprint density at radius 3 is 2.75 bits per heavy atom. The number of amides is 1. The van der Waals surface area contributed by atoms with E-state index in [1.807, 2.05) is 4.90 Å². The molecule has 9 heteroatoms. The molecule has 3 rings (SSSR count). The normalized spacial score (nSPS) is 14.6. The maximum Gasteiger partial charge on any atom is 0.266 e. The number of aromatic nitrogens is 3. The van der Waals surface area contributed by atoms with E-state index in [0.717, 1.165) is 0 Å². The van der Waals surface area contributed by atoms with Crippen molar-refractivity contribution in [2.24, 2.45) is 0 Å². The van der Waals surface area contributed by atoms with E-state index >= 15 is 0 Å². The van der Waals surface area contributed by atoms with E-state index in [4.69, 9.17) is 16.3 Å². The highest BCUT2D eigenvalue weighted by Crippen LogP contribution is 2.16. The van der Waals surface area contributed by atoms with Crippen LogP contribution >= 0.6 is 11.6 Å². The third-order valence-corrected chi connectivity index (χ3v) is 4.06. The number of H-pyrrole nitrogens is 1. The van der Waals surface area contributed by atoms with Crippen molar-refractivity contribution in [3.63, 3.8) is 0 Å². The fourth-order valence-corrected chi connectivity index (χ4v) is 2.64. The van der Waals surface area contributed by atoms with Gasteiger partial charge in [-0.1, -0.05) is 11.6 Å². The van der Waals surface area contributed by atoms with Crippen LogP contribution in [0.3, 0.4) is 0 Å². The van der Waals surface area contributed by atoms with Crippen LogP contribution in [-0.4, -0.2) is 59.0 Å². The summed E-state index contributed by atoms with van der Waals surface area (Å²) in [6.45, 7) is 2.26. The molecule has 0 unspecified atom stereocenters. The zero-order valence-electron chi connectivity index (χ0n) is 13.0. The van der Waals surface area contributed by atoms with E-state index in [1.165, 1.54) is 12.3 Å². The molecule has 1 aliphatic rings. The fourth-order valence-electron chi connectivity index (χ4n) is 2.47. The number of halogens is 1. The predicted molar refractivity (Wildman–Crippen MR) is 88.8 cm³/mol. The van der Waals surface area contributed by atoms with Crippen molar-refractivity contribution in [1.82, 2.24) is 19.9 Å². The molecule has 1 N–H and O–H groups in total. The van der Waals surface area contributed by atoms with Crippen LogP contribution in [0.2, 0.25) is 5.02 Å². The van der Waals surface area contributed by atoms with Crippen LogP contribution in [0.25, 0.3) is 0 Å². The molecule has 24 heavy (non-hydrogen) atoms. The Bertz CT molecular complexity index is 802. The van der Waals surface area contributed by atoms with E-state index in [-0.39, 0.29) is 10.9 Å². The van der Waals surface area contributed by atoms with Gasteiger partial charge in [0.1, 0.15) is 5.02 Å². The second kappa shape index (κ2) is 6.88. The van der Waals surface area contributed by atoms with Crippen molar-refractivity contribution in [2.75, 3.05) is 38.2 Å². The molecule has 0 bridgehead atoms. The second-order valence-electron chi connectivity index (χ2n) is 5.24. The Kier molecular flexibility index (Phi) is 4.66. The number of ether oxygens (including phenoxy) is 1. The largest absolute Gasteiger partial charge is 0.481 e. The number of hydrogen-bond donors (Lipinski definition) is 1. The summed E-state index contributed by atoms with van der Waals surface area (Å²) >= 11 is 5.78. The summed E-state index contributed by atoms with van der Waals surface area (Å²) in [4.78, 5) is 38.4. The molecule has 0 aromatic carbocycles. The first-order valence-electron chi connectivity index (χ1n) is 7.38. The lowest BCUT2D eigenvalue weighted by Gasteiger charge is -2.34. The molecule has 2 aromatic rings. The minimum Gasteiger partial charge on any atom is -0.481 e. The predicted octanol–water partition coefficient (Wildman–Crippen LogP) is 0.789. The Morgan fingerprint density at radius 2 is 2.08 bits per heavy atom. The molecule has 1 amide bonds. The van der Waals surface area contributed by atoms with Gasteiger partial charge in [0.25, 0.3) is 11.5 Å². The molecule has 0 radical (unpaired) electrons. The number of aromatic amines is 1. The van der Waals surface area contributed by atoms with Gasteiger partial charge >= 0.3 is 0 Å². The molecule has 1 aliphatic heterocycles. The molecule has 3 heterocycles. The number of carbonyl (C=O) groups excluding carboxylic acids is 1. The van der Waals surface area contributed by atoms with E-state index in [1.54, 1.807) is 24.3 Å². The smallest absolute Gasteiger partial charge is 0.266 e. The Morgan fingerprint density at radius 1 is 1.33 bits per heavy atom. The van der Waals surface area contributed by atoms with Gasteiger partial charge in [-0.25, -0.2) is 4.98 Å². The minimum atomic E-state index is -0.409. The lowest BCUT2D eigenvalue weighted by molar-refractivity contribution is 0.0745. The highest BCUT2D eigenvalue weighted by molar-refractivity contribution is 6.30. The minimum absolute atomic E-state index is 0.00395. The summed E-state index contributed by atoms with van der Waals surface area (Å²) < 4.78 is 5.10. The van der Waals surface area contributed by atoms with E-state index in [2.05, 4.69) is 15.0 Å². The summed E-state index contributed by atoms with van der Waals surface area (Å²) in [5.41, 5.74) is -0.0427. The zero-order chi connectivity index (χ0) is 17.1. The number of carbonyl (C=O) groups is 1. The van der Waals surface area contributed by atoms with E-state index in [9.17, 15) is 9.59 Å². The average molecular weight is 350 g/mol. The van der Waals surface area contributed by atoms with Gasteiger partial charge in [0.15, 0.2) is 0 Å². The topological polar surface area (TPSA) is 91.4 Å². The number of nitrogens with zero attached hydrogens (tertiary/aromatic N) is 4. The highest BCUT2D eigenvalue weighted by Gasteiger charge is 2.24. The van der Waals surface area contributed by atoms with Gasteiger partial charge in [-0.3, -0.25) is 9.59 Å². The molecule has 1 fully saturated rings. The molecular weight excluding hydrogens is 334 g/mol. The van der Waals surface area contributed by atoms with Gasteiger partial charge in [0, 0.05) is 44.6 Å². The number of nitrogens with one attached hydrogen (secondary N) is 1. The maximum absolute atomic E-state index is 12.5. The second-order valence-corrected chi connectivity index (χ2v) is 5.65. The molecule has 126 valence electrons. The number of hydrogen-bond acceptors (Lipinski definition) is 6. The van der Waals surface area contributed by atoms with Crippen molar-refractivity contribution in [1.29, 1.82) is 0 Å². The first-order chi connectivity index (χ1) is 11.6. The maximum atomic E-state index is 12.5. The molecule has 2 aromatic heterocycles. The van der Waals surface area contributed by atoms with Crippen molar-refractivity contribution < 1.29 is 9.53 Å². The number of anilines is 1. The van der Waals surface area contributed by atoms with E-state index in [0.29, 0.717) is 43.6 Å². The van der Waals surface area contributed by atoms with Crippen LogP contribution in [0.1, 0.15) is 10.4 Å². The Balaban J connectivity index is 1.66. The Labute approximate surface area is 143 Å². The quantitative estimate of drug-likeness (QED) is 0.881. The molecular formula is C15H16ClN5O3. The van der Waals surface area contributed by atoms with Crippen molar-refractivity contribution >= 4 is 23.5 Å². The lowest BCUT2D eigenvalue weighted by atomic mass is 10.2. The molecule has 0 atom stereocenters. The van der Waals surface area contributed by atoms with Gasteiger partial charge in [0.2, 0.25) is 11.8 Å². The summed E-state index contributed by atoms with van der Waals surface area (Å²) in [7, 11) is 1.55. The monoisotopic (exact) mass is 349 g/mol. The van der Waals surface area contributed by atoms with Crippen molar-refractivity contribution in [3.05, 3.63) is 45.5 Å².